The summed E-state index contributed by atoms with van der Waals surface area (Å²) in [5.41, 5.74) is 4.12. The van der Waals surface area contributed by atoms with Crippen LogP contribution in [0.5, 0.6) is 11.5 Å². The molecule has 0 unspecified atom stereocenters. The zero-order valence-corrected chi connectivity index (χ0v) is 12.0. The van der Waals surface area contributed by atoms with Crippen molar-refractivity contribution in [2.45, 2.75) is 33.8 Å². The van der Waals surface area contributed by atoms with Gasteiger partial charge in [0.15, 0.2) is 0 Å². The molecule has 0 aromatic heterocycles. The normalized spacial score (nSPS) is 12.8. The third kappa shape index (κ3) is 2.67. The molecule has 0 aliphatic heterocycles. The third-order valence-electron chi connectivity index (χ3n) is 3.18. The van der Waals surface area contributed by atoms with Crippen LogP contribution in [0.2, 0.25) is 0 Å². The first-order chi connectivity index (χ1) is 8.43. The van der Waals surface area contributed by atoms with E-state index >= 15 is 0 Å². The molecule has 0 bridgehead atoms. The van der Waals surface area contributed by atoms with Gasteiger partial charge in [0.2, 0.25) is 0 Å². The maximum Gasteiger partial charge on any atom is 0.129 e. The maximum atomic E-state index is 9.36. The Morgan fingerprint density at radius 3 is 1.89 bits per heavy atom. The lowest BCUT2D eigenvalue weighted by Crippen LogP contribution is -2.02. The van der Waals surface area contributed by atoms with E-state index in [1.54, 1.807) is 27.2 Å². The molecular formula is C15H22O3. The molecule has 0 saturated heterocycles. The van der Waals surface area contributed by atoms with Crippen molar-refractivity contribution >= 4 is 6.08 Å². The number of hydrogen-bond donors (Lipinski definition) is 1. The Morgan fingerprint density at radius 1 is 0.944 bits per heavy atom. The Morgan fingerprint density at radius 2 is 1.44 bits per heavy atom. The standard InChI is InChI=1S/C15H22O3/c1-9(16)7-8-13-12(4)14(17-5)10(2)11(3)15(13)18-6/h7-9,16H,1-6H3/b8-7-/t9-/m1/s1. The second kappa shape index (κ2) is 5.91. The summed E-state index contributed by atoms with van der Waals surface area (Å²) >= 11 is 0. The molecule has 1 atom stereocenters. The molecule has 0 aliphatic rings. The van der Waals surface area contributed by atoms with Crippen LogP contribution in [0.3, 0.4) is 0 Å². The first-order valence-corrected chi connectivity index (χ1v) is 6.02. The van der Waals surface area contributed by atoms with Crippen LogP contribution in [-0.4, -0.2) is 25.4 Å². The van der Waals surface area contributed by atoms with E-state index in [-0.39, 0.29) is 0 Å². The van der Waals surface area contributed by atoms with Crippen LogP contribution in [-0.2, 0) is 0 Å². The number of rotatable bonds is 4. The van der Waals surface area contributed by atoms with Crippen molar-refractivity contribution in [3.8, 4) is 11.5 Å². The highest BCUT2D eigenvalue weighted by molar-refractivity contribution is 5.69. The first kappa shape index (κ1) is 14.6. The van der Waals surface area contributed by atoms with Crippen LogP contribution in [0.25, 0.3) is 6.08 Å². The van der Waals surface area contributed by atoms with E-state index in [0.29, 0.717) is 0 Å². The van der Waals surface area contributed by atoms with Crippen LogP contribution in [0, 0.1) is 20.8 Å². The minimum Gasteiger partial charge on any atom is -0.496 e. The molecule has 1 rings (SSSR count). The molecule has 0 heterocycles. The molecule has 3 nitrogen and oxygen atoms in total. The summed E-state index contributed by atoms with van der Waals surface area (Å²) in [5, 5.41) is 9.36. The number of aliphatic hydroxyl groups is 1. The number of methoxy groups -OCH3 is 2. The third-order valence-corrected chi connectivity index (χ3v) is 3.18. The molecule has 0 radical (unpaired) electrons. The summed E-state index contributed by atoms with van der Waals surface area (Å²) < 4.78 is 10.9. The monoisotopic (exact) mass is 250 g/mol. The highest BCUT2D eigenvalue weighted by atomic mass is 16.5. The lowest BCUT2D eigenvalue weighted by atomic mass is 9.96. The van der Waals surface area contributed by atoms with Gasteiger partial charge < -0.3 is 14.6 Å². The second-order valence-corrected chi connectivity index (χ2v) is 4.45. The molecule has 1 N–H and O–H groups in total. The molecule has 0 aliphatic carbocycles. The summed E-state index contributed by atoms with van der Waals surface area (Å²) in [5.74, 6) is 1.71. The fourth-order valence-electron chi connectivity index (χ4n) is 2.12. The van der Waals surface area contributed by atoms with E-state index in [1.807, 2.05) is 26.8 Å². The van der Waals surface area contributed by atoms with E-state index in [0.717, 1.165) is 33.8 Å². The SMILES string of the molecule is COc1c(C)c(C)c(OC)c(/C=C\[C@@H](C)O)c1C. The van der Waals surface area contributed by atoms with Gasteiger partial charge >= 0.3 is 0 Å². The van der Waals surface area contributed by atoms with Gasteiger partial charge in [0.25, 0.3) is 0 Å². The molecule has 3 heteroatoms. The van der Waals surface area contributed by atoms with Gasteiger partial charge in [-0.15, -0.1) is 0 Å². The molecule has 0 spiro atoms. The lowest BCUT2D eigenvalue weighted by Gasteiger charge is -2.18. The Kier molecular flexibility index (Phi) is 4.79. The zero-order chi connectivity index (χ0) is 13.9. The maximum absolute atomic E-state index is 9.36. The molecular weight excluding hydrogens is 228 g/mol. The van der Waals surface area contributed by atoms with E-state index in [4.69, 9.17) is 9.47 Å². The van der Waals surface area contributed by atoms with Crippen molar-refractivity contribution in [1.29, 1.82) is 0 Å². The summed E-state index contributed by atoms with van der Waals surface area (Å²) in [6.45, 7) is 7.74. The number of aliphatic hydroxyl groups excluding tert-OH is 1. The van der Waals surface area contributed by atoms with Gasteiger partial charge in [-0.3, -0.25) is 0 Å². The summed E-state index contributed by atoms with van der Waals surface area (Å²) in [4.78, 5) is 0. The smallest absolute Gasteiger partial charge is 0.129 e. The van der Waals surface area contributed by atoms with Crippen molar-refractivity contribution in [3.05, 3.63) is 28.3 Å². The molecule has 18 heavy (non-hydrogen) atoms. The van der Waals surface area contributed by atoms with E-state index < -0.39 is 6.10 Å². The fourth-order valence-corrected chi connectivity index (χ4v) is 2.12. The average Bonchev–Trinajstić information content (AvgIpc) is 2.32. The molecule has 0 fully saturated rings. The average molecular weight is 250 g/mol. The number of hydrogen-bond acceptors (Lipinski definition) is 3. The van der Waals surface area contributed by atoms with Crippen LogP contribution in [0.15, 0.2) is 6.08 Å². The molecule has 1 aromatic carbocycles. The number of ether oxygens (including phenoxy) is 2. The van der Waals surface area contributed by atoms with Gasteiger partial charge in [0.1, 0.15) is 11.5 Å². The summed E-state index contributed by atoms with van der Waals surface area (Å²) in [7, 11) is 3.33. The Labute approximate surface area is 109 Å². The predicted octanol–water partition coefficient (Wildman–Crippen LogP) is 3.02. The fraction of sp³-hybridized carbons (Fsp3) is 0.467. The summed E-state index contributed by atoms with van der Waals surface area (Å²) in [6.07, 6.45) is 3.13. The summed E-state index contributed by atoms with van der Waals surface area (Å²) in [6, 6.07) is 0. The van der Waals surface area contributed by atoms with Crippen molar-refractivity contribution in [2.24, 2.45) is 0 Å². The van der Waals surface area contributed by atoms with Gasteiger partial charge in [-0.25, -0.2) is 0 Å². The van der Waals surface area contributed by atoms with Crippen molar-refractivity contribution in [3.63, 3.8) is 0 Å². The highest BCUT2D eigenvalue weighted by Gasteiger charge is 2.16. The van der Waals surface area contributed by atoms with Crippen LogP contribution in [0.1, 0.15) is 29.2 Å². The second-order valence-electron chi connectivity index (χ2n) is 4.45. The minimum atomic E-state index is -0.485. The van der Waals surface area contributed by atoms with Crippen LogP contribution < -0.4 is 9.47 Å². The Hall–Kier alpha value is -1.48. The van der Waals surface area contributed by atoms with Crippen molar-refractivity contribution in [1.82, 2.24) is 0 Å². The van der Waals surface area contributed by atoms with Gasteiger partial charge in [-0.2, -0.15) is 0 Å². The lowest BCUT2D eigenvalue weighted by molar-refractivity contribution is 0.245. The molecule has 100 valence electrons. The van der Waals surface area contributed by atoms with Gasteiger partial charge in [-0.05, 0) is 38.8 Å². The topological polar surface area (TPSA) is 38.7 Å². The minimum absolute atomic E-state index is 0.485. The quantitative estimate of drug-likeness (QED) is 0.892. The molecule has 0 amide bonds. The first-order valence-electron chi connectivity index (χ1n) is 6.02. The van der Waals surface area contributed by atoms with Gasteiger partial charge in [0, 0.05) is 11.1 Å². The van der Waals surface area contributed by atoms with Crippen molar-refractivity contribution in [2.75, 3.05) is 14.2 Å². The molecule has 1 aromatic rings. The van der Waals surface area contributed by atoms with E-state index in [2.05, 4.69) is 0 Å². The number of benzene rings is 1. The Balaban J connectivity index is 3.52. The predicted molar refractivity (Wildman–Crippen MR) is 74.5 cm³/mol. The molecule has 0 saturated carbocycles. The van der Waals surface area contributed by atoms with Gasteiger partial charge in [0.05, 0.1) is 20.3 Å². The van der Waals surface area contributed by atoms with Gasteiger partial charge in [-0.1, -0.05) is 12.2 Å². The van der Waals surface area contributed by atoms with Crippen LogP contribution in [0.4, 0.5) is 0 Å². The highest BCUT2D eigenvalue weighted by Crippen LogP contribution is 2.38. The van der Waals surface area contributed by atoms with Crippen molar-refractivity contribution < 1.29 is 14.6 Å². The largest absolute Gasteiger partial charge is 0.496 e. The van der Waals surface area contributed by atoms with E-state index in [1.165, 1.54) is 0 Å². The van der Waals surface area contributed by atoms with Crippen LogP contribution >= 0.6 is 0 Å². The van der Waals surface area contributed by atoms with E-state index in [9.17, 15) is 5.11 Å². The Bertz CT molecular complexity index is 460. The zero-order valence-electron chi connectivity index (χ0n) is 12.0.